The fourth-order valence-corrected chi connectivity index (χ4v) is 2.73. The summed E-state index contributed by atoms with van der Waals surface area (Å²) in [7, 11) is 3.69. The average Bonchev–Trinajstić information content (AvgIpc) is 2.36. The predicted octanol–water partition coefficient (Wildman–Crippen LogP) is 2.94. The zero-order valence-electron chi connectivity index (χ0n) is 11.8. The van der Waals surface area contributed by atoms with Crippen molar-refractivity contribution in [2.45, 2.75) is 26.0 Å². The number of aliphatic hydroxyl groups is 1. The highest BCUT2D eigenvalue weighted by molar-refractivity contribution is 7.98. The number of aliphatic hydroxyl groups excluding tert-OH is 1. The number of thioether (sulfide) groups is 1. The molecule has 0 heterocycles. The van der Waals surface area contributed by atoms with Crippen LogP contribution in [-0.2, 0) is 0 Å². The third kappa shape index (κ3) is 3.33. The Morgan fingerprint density at radius 1 is 1.39 bits per heavy atom. The molecule has 102 valence electrons. The third-order valence-electron chi connectivity index (χ3n) is 3.13. The molecule has 3 nitrogen and oxygen atoms in total. The van der Waals surface area contributed by atoms with E-state index in [4.69, 9.17) is 4.74 Å². The van der Waals surface area contributed by atoms with E-state index in [2.05, 4.69) is 25.1 Å². The van der Waals surface area contributed by atoms with E-state index in [1.54, 1.807) is 14.0 Å². The van der Waals surface area contributed by atoms with Crippen molar-refractivity contribution < 1.29 is 9.84 Å². The first-order chi connectivity index (χ1) is 8.52. The highest BCUT2D eigenvalue weighted by Gasteiger charge is 2.19. The first-order valence-corrected chi connectivity index (χ1v) is 7.49. The SMILES string of the molecule is COc1cccc(N(C)C(C)CSC)c1C(C)O. The fraction of sp³-hybridized carbons (Fsp3) is 0.571. The Morgan fingerprint density at radius 2 is 2.06 bits per heavy atom. The molecule has 2 atom stereocenters. The zero-order valence-corrected chi connectivity index (χ0v) is 12.6. The van der Waals surface area contributed by atoms with E-state index in [1.165, 1.54) is 0 Å². The summed E-state index contributed by atoms with van der Waals surface area (Å²) in [5.74, 6) is 1.79. The standard InChI is InChI=1S/C14H23NO2S/c1-10(9-18-5)15(3)12-7-6-8-13(17-4)14(12)11(2)16/h6-8,10-11,16H,9H2,1-5H3. The summed E-state index contributed by atoms with van der Waals surface area (Å²) < 4.78 is 5.35. The quantitative estimate of drug-likeness (QED) is 0.860. The van der Waals surface area contributed by atoms with Crippen molar-refractivity contribution in [1.82, 2.24) is 0 Å². The molecule has 18 heavy (non-hydrogen) atoms. The van der Waals surface area contributed by atoms with Crippen molar-refractivity contribution in [1.29, 1.82) is 0 Å². The number of hydrogen-bond donors (Lipinski definition) is 1. The molecule has 0 aliphatic heterocycles. The van der Waals surface area contributed by atoms with Gasteiger partial charge in [-0.05, 0) is 32.2 Å². The molecular weight excluding hydrogens is 246 g/mol. The summed E-state index contributed by atoms with van der Waals surface area (Å²) in [4.78, 5) is 2.20. The van der Waals surface area contributed by atoms with Gasteiger partial charge >= 0.3 is 0 Å². The third-order valence-corrected chi connectivity index (χ3v) is 3.95. The Morgan fingerprint density at radius 3 is 2.56 bits per heavy atom. The molecule has 0 aliphatic carbocycles. The summed E-state index contributed by atoms with van der Waals surface area (Å²) in [6, 6.07) is 6.28. The van der Waals surface area contributed by atoms with Gasteiger partial charge < -0.3 is 14.7 Å². The van der Waals surface area contributed by atoms with E-state index < -0.39 is 6.10 Å². The Kier molecular flexibility index (Phi) is 5.82. The van der Waals surface area contributed by atoms with Crippen LogP contribution in [0.4, 0.5) is 5.69 Å². The van der Waals surface area contributed by atoms with Gasteiger partial charge in [-0.15, -0.1) is 0 Å². The van der Waals surface area contributed by atoms with Gasteiger partial charge in [0.25, 0.3) is 0 Å². The van der Waals surface area contributed by atoms with Crippen LogP contribution in [0.1, 0.15) is 25.5 Å². The number of hydrogen-bond acceptors (Lipinski definition) is 4. The molecule has 1 aromatic carbocycles. The summed E-state index contributed by atoms with van der Waals surface area (Å²) in [5.41, 5.74) is 1.89. The van der Waals surface area contributed by atoms with E-state index in [0.717, 1.165) is 22.8 Å². The van der Waals surface area contributed by atoms with Gasteiger partial charge in [0.05, 0.1) is 13.2 Å². The van der Waals surface area contributed by atoms with E-state index in [1.807, 2.05) is 30.0 Å². The molecule has 4 heteroatoms. The van der Waals surface area contributed by atoms with Crippen LogP contribution in [0.2, 0.25) is 0 Å². The van der Waals surface area contributed by atoms with Crippen LogP contribution in [0.5, 0.6) is 5.75 Å². The van der Waals surface area contributed by atoms with Crippen LogP contribution in [0.15, 0.2) is 18.2 Å². The van der Waals surface area contributed by atoms with Gasteiger partial charge in [0.15, 0.2) is 0 Å². The maximum Gasteiger partial charge on any atom is 0.126 e. The van der Waals surface area contributed by atoms with Crippen LogP contribution >= 0.6 is 11.8 Å². The lowest BCUT2D eigenvalue weighted by Gasteiger charge is -2.30. The molecule has 1 rings (SSSR count). The van der Waals surface area contributed by atoms with Gasteiger partial charge in [-0.1, -0.05) is 6.07 Å². The summed E-state index contributed by atoms with van der Waals surface area (Å²) in [6.07, 6.45) is 1.56. The van der Waals surface area contributed by atoms with Crippen molar-refractivity contribution >= 4 is 17.4 Å². The summed E-state index contributed by atoms with van der Waals surface area (Å²) >= 11 is 1.82. The molecule has 0 saturated heterocycles. The smallest absolute Gasteiger partial charge is 0.126 e. The highest BCUT2D eigenvalue weighted by atomic mass is 32.2. The molecule has 1 N–H and O–H groups in total. The number of anilines is 1. The monoisotopic (exact) mass is 269 g/mol. The fourth-order valence-electron chi connectivity index (χ4n) is 2.03. The number of benzene rings is 1. The van der Waals surface area contributed by atoms with Crippen molar-refractivity contribution in [3.63, 3.8) is 0 Å². The number of methoxy groups -OCH3 is 1. The number of ether oxygens (including phenoxy) is 1. The summed E-state index contributed by atoms with van der Waals surface area (Å²) in [6.45, 7) is 3.95. The minimum Gasteiger partial charge on any atom is -0.496 e. The zero-order chi connectivity index (χ0) is 13.7. The molecule has 0 fully saturated rings. The van der Waals surface area contributed by atoms with Gasteiger partial charge in [0.2, 0.25) is 0 Å². The van der Waals surface area contributed by atoms with Crippen LogP contribution in [0.25, 0.3) is 0 Å². The molecular formula is C14H23NO2S. The lowest BCUT2D eigenvalue weighted by Crippen LogP contribution is -2.31. The van der Waals surface area contributed by atoms with E-state index in [9.17, 15) is 5.11 Å². The highest BCUT2D eigenvalue weighted by Crippen LogP contribution is 2.34. The van der Waals surface area contributed by atoms with Gasteiger partial charge in [-0.3, -0.25) is 0 Å². The van der Waals surface area contributed by atoms with Gasteiger partial charge in [-0.25, -0.2) is 0 Å². The average molecular weight is 269 g/mol. The second-order valence-electron chi connectivity index (χ2n) is 4.48. The first kappa shape index (κ1) is 15.2. The van der Waals surface area contributed by atoms with Crippen molar-refractivity contribution in [3.05, 3.63) is 23.8 Å². The summed E-state index contributed by atoms with van der Waals surface area (Å²) in [5, 5.41) is 9.97. The van der Waals surface area contributed by atoms with E-state index >= 15 is 0 Å². The number of nitrogens with zero attached hydrogens (tertiary/aromatic N) is 1. The van der Waals surface area contributed by atoms with E-state index in [-0.39, 0.29) is 0 Å². The van der Waals surface area contributed by atoms with Crippen molar-refractivity contribution in [2.75, 3.05) is 31.1 Å². The minimum atomic E-state index is -0.542. The lowest BCUT2D eigenvalue weighted by molar-refractivity contribution is 0.194. The van der Waals surface area contributed by atoms with Gasteiger partial charge in [-0.2, -0.15) is 11.8 Å². The predicted molar refractivity (Wildman–Crippen MR) is 79.9 cm³/mol. The lowest BCUT2D eigenvalue weighted by atomic mass is 10.1. The van der Waals surface area contributed by atoms with Crippen molar-refractivity contribution in [3.8, 4) is 5.75 Å². The maximum absolute atomic E-state index is 9.97. The largest absolute Gasteiger partial charge is 0.496 e. The number of rotatable bonds is 6. The normalized spacial score (nSPS) is 14.1. The molecule has 1 aromatic rings. The van der Waals surface area contributed by atoms with Gasteiger partial charge in [0, 0.05) is 30.1 Å². The molecule has 0 amide bonds. The molecule has 0 bridgehead atoms. The molecule has 0 radical (unpaired) electrons. The van der Waals surface area contributed by atoms with Crippen LogP contribution in [0, 0.1) is 0 Å². The molecule has 0 aromatic heterocycles. The topological polar surface area (TPSA) is 32.7 Å². The van der Waals surface area contributed by atoms with Crippen molar-refractivity contribution in [2.24, 2.45) is 0 Å². The molecule has 2 unspecified atom stereocenters. The maximum atomic E-state index is 9.97. The minimum absolute atomic E-state index is 0.407. The molecule has 0 aliphatic rings. The van der Waals surface area contributed by atoms with Crippen LogP contribution in [-0.4, -0.2) is 37.3 Å². The Labute approximate surface area is 114 Å². The Bertz CT molecular complexity index is 382. The molecule has 0 spiro atoms. The second kappa shape index (κ2) is 6.90. The Hall–Kier alpha value is -0.870. The van der Waals surface area contributed by atoms with Crippen LogP contribution < -0.4 is 9.64 Å². The van der Waals surface area contributed by atoms with Gasteiger partial charge in [0.1, 0.15) is 5.75 Å². The van der Waals surface area contributed by atoms with Crippen LogP contribution in [0.3, 0.4) is 0 Å². The first-order valence-electron chi connectivity index (χ1n) is 6.09. The molecule has 0 saturated carbocycles. The van der Waals surface area contributed by atoms with E-state index in [0.29, 0.717) is 6.04 Å². The second-order valence-corrected chi connectivity index (χ2v) is 5.39. The Balaban J connectivity index is 3.14.